The molecule has 0 amide bonds. The first-order valence-electron chi connectivity index (χ1n) is 8.81. The summed E-state index contributed by atoms with van der Waals surface area (Å²) in [7, 11) is 0. The minimum atomic E-state index is 0.596. The highest BCUT2D eigenvalue weighted by atomic mass is 15.5. The molecule has 0 spiro atoms. The molecule has 1 aliphatic heterocycles. The van der Waals surface area contributed by atoms with Crippen molar-refractivity contribution in [1.29, 1.82) is 0 Å². The molecule has 1 aromatic heterocycles. The van der Waals surface area contributed by atoms with Gasteiger partial charge in [0.1, 0.15) is 0 Å². The first-order valence-corrected chi connectivity index (χ1v) is 8.81. The summed E-state index contributed by atoms with van der Waals surface area (Å²) in [5.74, 6) is 1.12. The van der Waals surface area contributed by atoms with Crippen molar-refractivity contribution >= 4 is 17.0 Å². The van der Waals surface area contributed by atoms with Gasteiger partial charge in [0.15, 0.2) is 13.3 Å². The van der Waals surface area contributed by atoms with Crippen molar-refractivity contribution in [3.63, 3.8) is 0 Å². The van der Waals surface area contributed by atoms with Crippen LogP contribution in [0.2, 0.25) is 0 Å². The Labute approximate surface area is 143 Å². The normalized spacial score (nSPS) is 17.5. The second-order valence-electron chi connectivity index (χ2n) is 6.96. The molecule has 0 saturated heterocycles. The maximum atomic E-state index is 4.92. The minimum Gasteiger partial charge on any atom is -0.298 e. The molecular weight excluding hydrogens is 296 g/mol. The molecule has 4 heteroatoms. The number of benzene rings is 2. The molecule has 4 nitrogen and oxygen atoms in total. The second kappa shape index (κ2) is 6.29. The van der Waals surface area contributed by atoms with Crippen LogP contribution in [0.15, 0.2) is 54.6 Å². The first-order chi connectivity index (χ1) is 11.7. The zero-order chi connectivity index (χ0) is 16.5. The quantitative estimate of drug-likeness (QED) is 0.798. The number of rotatable bonds is 4. The van der Waals surface area contributed by atoms with Gasteiger partial charge in [-0.05, 0) is 38.0 Å². The molecule has 1 atom stereocenters. The second-order valence-corrected chi connectivity index (χ2v) is 6.96. The Balaban J connectivity index is 1.66. The lowest BCUT2D eigenvalue weighted by atomic mass is 10.1. The molecule has 124 valence electrons. The summed E-state index contributed by atoms with van der Waals surface area (Å²) in [5.41, 5.74) is 3.73. The SMILES string of the molecule is CC(C)[NH+]1CN(CCc2ccccc2)c2nc3ccccc3n2C1. The average molecular weight is 321 g/mol. The van der Waals surface area contributed by atoms with Crippen LogP contribution in [0.4, 0.5) is 5.95 Å². The third-order valence-corrected chi connectivity index (χ3v) is 5.00. The van der Waals surface area contributed by atoms with Crippen molar-refractivity contribution in [2.45, 2.75) is 33.0 Å². The molecule has 0 radical (unpaired) electrons. The molecule has 0 saturated carbocycles. The Bertz CT molecular complexity index is 822. The molecule has 0 aliphatic carbocycles. The van der Waals surface area contributed by atoms with Crippen LogP contribution in [0.1, 0.15) is 19.4 Å². The predicted octanol–water partition coefficient (Wildman–Crippen LogP) is 2.31. The van der Waals surface area contributed by atoms with E-state index in [-0.39, 0.29) is 0 Å². The zero-order valence-electron chi connectivity index (χ0n) is 14.4. The highest BCUT2D eigenvalue weighted by Crippen LogP contribution is 2.23. The summed E-state index contributed by atoms with van der Waals surface area (Å²) in [6.45, 7) is 7.62. The number of imidazole rings is 1. The third kappa shape index (κ3) is 2.78. The van der Waals surface area contributed by atoms with Crippen molar-refractivity contribution in [2.75, 3.05) is 18.1 Å². The molecule has 0 fully saturated rings. The van der Waals surface area contributed by atoms with Crippen LogP contribution in [-0.4, -0.2) is 28.8 Å². The number of para-hydroxylation sites is 2. The van der Waals surface area contributed by atoms with E-state index in [9.17, 15) is 0 Å². The standard InChI is InChI=1S/C20H24N4/c1-16(2)23-14-22(13-12-17-8-4-3-5-9-17)20-21-18-10-6-7-11-19(18)24(20)15-23/h3-11,16H,12-15H2,1-2H3/p+1. The summed E-state index contributed by atoms with van der Waals surface area (Å²) in [6, 6.07) is 19.8. The predicted molar refractivity (Wildman–Crippen MR) is 98.2 cm³/mol. The summed E-state index contributed by atoms with van der Waals surface area (Å²) < 4.78 is 2.39. The fraction of sp³-hybridized carbons (Fsp3) is 0.350. The lowest BCUT2D eigenvalue weighted by Crippen LogP contribution is -3.16. The van der Waals surface area contributed by atoms with Gasteiger partial charge >= 0.3 is 0 Å². The van der Waals surface area contributed by atoms with Gasteiger partial charge in [-0.1, -0.05) is 42.5 Å². The molecular formula is C20H25N4+. The van der Waals surface area contributed by atoms with Crippen LogP contribution >= 0.6 is 0 Å². The number of fused-ring (bicyclic) bond motifs is 3. The Morgan fingerprint density at radius 2 is 1.75 bits per heavy atom. The summed E-state index contributed by atoms with van der Waals surface area (Å²) in [5, 5.41) is 0. The van der Waals surface area contributed by atoms with Gasteiger partial charge in [-0.15, -0.1) is 0 Å². The van der Waals surface area contributed by atoms with E-state index >= 15 is 0 Å². The summed E-state index contributed by atoms with van der Waals surface area (Å²) in [6.07, 6.45) is 1.05. The number of aromatic nitrogens is 2. The molecule has 1 N–H and O–H groups in total. The number of nitrogens with zero attached hydrogens (tertiary/aromatic N) is 3. The number of quaternary nitrogens is 1. The van der Waals surface area contributed by atoms with Crippen LogP contribution in [0.25, 0.3) is 11.0 Å². The number of hydrogen-bond acceptors (Lipinski definition) is 2. The molecule has 3 aromatic rings. The maximum Gasteiger partial charge on any atom is 0.215 e. The number of hydrogen-bond donors (Lipinski definition) is 1. The van der Waals surface area contributed by atoms with Gasteiger partial charge in [-0.25, -0.2) is 4.98 Å². The molecule has 2 aromatic carbocycles. The third-order valence-electron chi connectivity index (χ3n) is 5.00. The van der Waals surface area contributed by atoms with Gasteiger partial charge in [0, 0.05) is 6.54 Å². The lowest BCUT2D eigenvalue weighted by Gasteiger charge is -2.36. The number of anilines is 1. The first kappa shape index (κ1) is 15.2. The molecule has 1 unspecified atom stereocenters. The Morgan fingerprint density at radius 1 is 1.00 bits per heavy atom. The van der Waals surface area contributed by atoms with Gasteiger partial charge in [0.25, 0.3) is 0 Å². The Hall–Kier alpha value is -2.33. The maximum absolute atomic E-state index is 4.92. The molecule has 4 rings (SSSR count). The van der Waals surface area contributed by atoms with Crippen LogP contribution in [0.5, 0.6) is 0 Å². The van der Waals surface area contributed by atoms with Crippen molar-refractivity contribution in [2.24, 2.45) is 0 Å². The number of nitrogens with one attached hydrogen (secondary N) is 1. The molecule has 2 heterocycles. The fourth-order valence-corrected chi connectivity index (χ4v) is 3.48. The largest absolute Gasteiger partial charge is 0.298 e. The monoisotopic (exact) mass is 321 g/mol. The van der Waals surface area contributed by atoms with E-state index < -0.39 is 0 Å². The Kier molecular flexibility index (Phi) is 3.98. The van der Waals surface area contributed by atoms with Gasteiger partial charge < -0.3 is 0 Å². The van der Waals surface area contributed by atoms with E-state index in [0.29, 0.717) is 6.04 Å². The van der Waals surface area contributed by atoms with E-state index in [0.717, 1.165) is 37.8 Å². The zero-order valence-corrected chi connectivity index (χ0v) is 14.4. The van der Waals surface area contributed by atoms with E-state index in [1.165, 1.54) is 11.1 Å². The molecule has 0 bridgehead atoms. The molecule has 24 heavy (non-hydrogen) atoms. The van der Waals surface area contributed by atoms with E-state index in [4.69, 9.17) is 4.98 Å². The van der Waals surface area contributed by atoms with Gasteiger partial charge in [0.05, 0.1) is 17.1 Å². The van der Waals surface area contributed by atoms with Crippen molar-refractivity contribution < 1.29 is 4.90 Å². The molecule has 1 aliphatic rings. The fourth-order valence-electron chi connectivity index (χ4n) is 3.48. The van der Waals surface area contributed by atoms with Crippen LogP contribution in [-0.2, 0) is 13.1 Å². The summed E-state index contributed by atoms with van der Waals surface area (Å²) >= 11 is 0. The van der Waals surface area contributed by atoms with E-state index in [1.54, 1.807) is 4.90 Å². The highest BCUT2D eigenvalue weighted by Gasteiger charge is 2.29. The highest BCUT2D eigenvalue weighted by molar-refractivity contribution is 5.78. The topological polar surface area (TPSA) is 25.5 Å². The van der Waals surface area contributed by atoms with Gasteiger partial charge in [-0.2, -0.15) is 0 Å². The van der Waals surface area contributed by atoms with Gasteiger partial charge in [-0.3, -0.25) is 14.4 Å². The van der Waals surface area contributed by atoms with Crippen LogP contribution in [0, 0.1) is 0 Å². The van der Waals surface area contributed by atoms with Crippen LogP contribution < -0.4 is 9.80 Å². The van der Waals surface area contributed by atoms with E-state index in [2.05, 4.69) is 77.9 Å². The lowest BCUT2D eigenvalue weighted by molar-refractivity contribution is -0.945. The van der Waals surface area contributed by atoms with Crippen LogP contribution in [0.3, 0.4) is 0 Å². The van der Waals surface area contributed by atoms with Gasteiger partial charge in [0.2, 0.25) is 5.95 Å². The van der Waals surface area contributed by atoms with Crippen molar-refractivity contribution in [3.05, 3.63) is 60.2 Å². The average Bonchev–Trinajstić information content (AvgIpc) is 2.99. The summed E-state index contributed by atoms with van der Waals surface area (Å²) in [4.78, 5) is 8.95. The smallest absolute Gasteiger partial charge is 0.215 e. The van der Waals surface area contributed by atoms with Crippen molar-refractivity contribution in [3.8, 4) is 0 Å². The van der Waals surface area contributed by atoms with Crippen molar-refractivity contribution in [1.82, 2.24) is 9.55 Å². The van der Waals surface area contributed by atoms with E-state index in [1.807, 2.05) is 0 Å². The minimum absolute atomic E-state index is 0.596. The Morgan fingerprint density at radius 3 is 2.54 bits per heavy atom.